The fourth-order valence-electron chi connectivity index (χ4n) is 2.38. The van der Waals surface area contributed by atoms with Gasteiger partial charge in [-0.05, 0) is 52.0 Å². The average molecular weight is 256 g/mol. The van der Waals surface area contributed by atoms with Gasteiger partial charge in [-0.2, -0.15) is 0 Å². The van der Waals surface area contributed by atoms with Crippen molar-refractivity contribution in [2.45, 2.75) is 45.6 Å². The van der Waals surface area contributed by atoms with Crippen molar-refractivity contribution in [2.24, 2.45) is 11.8 Å². The highest BCUT2D eigenvalue weighted by molar-refractivity contribution is 5.81. The van der Waals surface area contributed by atoms with E-state index >= 15 is 0 Å². The smallest absolute Gasteiger partial charge is 0.306 e. The lowest BCUT2D eigenvalue weighted by atomic mass is 9.82. The third kappa shape index (κ3) is 4.64. The number of carbonyl (C=O) groups is 2. The van der Waals surface area contributed by atoms with Gasteiger partial charge in [-0.25, -0.2) is 0 Å². The largest absolute Gasteiger partial charge is 0.481 e. The molecule has 0 radical (unpaired) electrons. The van der Waals surface area contributed by atoms with Crippen LogP contribution in [-0.4, -0.2) is 36.1 Å². The Balaban J connectivity index is 2.21. The third-order valence-corrected chi connectivity index (χ3v) is 3.65. The first-order valence-corrected chi connectivity index (χ1v) is 6.78. The molecule has 0 aromatic rings. The van der Waals surface area contributed by atoms with Gasteiger partial charge in [0.25, 0.3) is 0 Å². The van der Waals surface area contributed by atoms with Gasteiger partial charge >= 0.3 is 5.97 Å². The van der Waals surface area contributed by atoms with Gasteiger partial charge in [-0.15, -0.1) is 0 Å². The molecule has 1 aliphatic carbocycles. The highest BCUT2D eigenvalue weighted by atomic mass is 16.4. The van der Waals surface area contributed by atoms with Crippen molar-refractivity contribution in [3.05, 3.63) is 0 Å². The van der Waals surface area contributed by atoms with Crippen molar-refractivity contribution in [1.29, 1.82) is 0 Å². The van der Waals surface area contributed by atoms with Crippen LogP contribution in [0, 0.1) is 11.8 Å². The van der Waals surface area contributed by atoms with Crippen LogP contribution in [0.5, 0.6) is 0 Å². The molecule has 0 bridgehead atoms. The predicted octanol–water partition coefficient (Wildman–Crippen LogP) is 0.992. The molecule has 1 atom stereocenters. The van der Waals surface area contributed by atoms with Crippen LogP contribution in [-0.2, 0) is 9.59 Å². The molecular formula is C13H24N2O3. The molecule has 1 saturated carbocycles. The lowest BCUT2D eigenvalue weighted by Gasteiger charge is -2.27. The van der Waals surface area contributed by atoms with Gasteiger partial charge in [0.1, 0.15) is 0 Å². The topological polar surface area (TPSA) is 78.4 Å². The summed E-state index contributed by atoms with van der Waals surface area (Å²) in [5, 5.41) is 14.9. The van der Waals surface area contributed by atoms with Gasteiger partial charge in [-0.3, -0.25) is 9.59 Å². The number of carboxylic acid groups (broad SMARTS) is 1. The zero-order valence-electron chi connectivity index (χ0n) is 11.2. The number of nitrogens with one attached hydrogen (secondary N) is 2. The van der Waals surface area contributed by atoms with Crippen molar-refractivity contribution < 1.29 is 14.7 Å². The second-order valence-corrected chi connectivity index (χ2v) is 5.08. The number of carboxylic acids is 1. The van der Waals surface area contributed by atoms with Gasteiger partial charge in [0.2, 0.25) is 5.91 Å². The van der Waals surface area contributed by atoms with Crippen molar-refractivity contribution in [1.82, 2.24) is 10.6 Å². The fourth-order valence-corrected chi connectivity index (χ4v) is 2.38. The minimum atomic E-state index is -0.669. The van der Waals surface area contributed by atoms with Gasteiger partial charge in [0.15, 0.2) is 0 Å². The van der Waals surface area contributed by atoms with Gasteiger partial charge in [-0.1, -0.05) is 0 Å². The summed E-state index contributed by atoms with van der Waals surface area (Å²) in [5.41, 5.74) is 0. The minimum absolute atomic E-state index is 0.0247. The summed E-state index contributed by atoms with van der Waals surface area (Å²) in [7, 11) is 0. The lowest BCUT2D eigenvalue weighted by Crippen LogP contribution is -2.44. The molecule has 5 nitrogen and oxygen atoms in total. The van der Waals surface area contributed by atoms with Crippen molar-refractivity contribution in [3.63, 3.8) is 0 Å². The maximum absolute atomic E-state index is 11.5. The number of hydrogen-bond donors (Lipinski definition) is 3. The molecule has 1 unspecified atom stereocenters. The van der Waals surface area contributed by atoms with E-state index in [2.05, 4.69) is 10.6 Å². The SMILES string of the molecule is CCNC(=O)C(C)NCC1CCC(C(=O)O)CC1. The number of carbonyl (C=O) groups excluding carboxylic acids is 1. The fraction of sp³-hybridized carbons (Fsp3) is 0.846. The Morgan fingerprint density at radius 1 is 1.28 bits per heavy atom. The molecule has 0 saturated heterocycles. The van der Waals surface area contributed by atoms with Crippen LogP contribution in [0.4, 0.5) is 0 Å². The molecule has 3 N–H and O–H groups in total. The first-order valence-electron chi connectivity index (χ1n) is 6.78. The van der Waals surface area contributed by atoms with E-state index in [9.17, 15) is 9.59 Å². The standard InChI is InChI=1S/C13H24N2O3/c1-3-14-12(16)9(2)15-8-10-4-6-11(7-5-10)13(17)18/h9-11,15H,3-8H2,1-2H3,(H,14,16)(H,17,18). The van der Waals surface area contributed by atoms with E-state index in [-0.39, 0.29) is 17.9 Å². The third-order valence-electron chi connectivity index (χ3n) is 3.65. The number of rotatable bonds is 6. The maximum atomic E-state index is 11.5. The van der Waals surface area contributed by atoms with E-state index in [0.717, 1.165) is 32.2 Å². The van der Waals surface area contributed by atoms with E-state index in [1.54, 1.807) is 0 Å². The van der Waals surface area contributed by atoms with Crippen LogP contribution in [0.2, 0.25) is 0 Å². The van der Waals surface area contributed by atoms with Crippen molar-refractivity contribution in [2.75, 3.05) is 13.1 Å². The summed E-state index contributed by atoms with van der Waals surface area (Å²) >= 11 is 0. The van der Waals surface area contributed by atoms with E-state index in [1.807, 2.05) is 13.8 Å². The molecule has 0 aromatic carbocycles. The average Bonchev–Trinajstić information content (AvgIpc) is 2.36. The van der Waals surface area contributed by atoms with Crippen LogP contribution in [0.3, 0.4) is 0 Å². The maximum Gasteiger partial charge on any atom is 0.306 e. The summed E-state index contributed by atoms with van der Waals surface area (Å²) in [5.74, 6) is -0.312. The number of amides is 1. The normalized spacial score (nSPS) is 25.4. The molecular weight excluding hydrogens is 232 g/mol. The summed E-state index contributed by atoms with van der Waals surface area (Å²) in [6, 6.07) is -0.179. The highest BCUT2D eigenvalue weighted by Gasteiger charge is 2.26. The predicted molar refractivity (Wildman–Crippen MR) is 69.2 cm³/mol. The Bertz CT molecular complexity index is 286. The number of likely N-dealkylation sites (N-methyl/N-ethyl adjacent to an activating group) is 1. The summed E-state index contributed by atoms with van der Waals surface area (Å²) < 4.78 is 0. The van der Waals surface area contributed by atoms with Crippen LogP contribution in [0.25, 0.3) is 0 Å². The summed E-state index contributed by atoms with van der Waals surface area (Å²) in [4.78, 5) is 22.3. The molecule has 1 amide bonds. The summed E-state index contributed by atoms with van der Waals surface area (Å²) in [6.07, 6.45) is 3.40. The first kappa shape index (κ1) is 15.0. The molecule has 5 heteroatoms. The Kier molecular flexibility index (Phi) is 6.12. The second kappa shape index (κ2) is 7.36. The Morgan fingerprint density at radius 2 is 1.89 bits per heavy atom. The molecule has 0 heterocycles. The van der Waals surface area contributed by atoms with E-state index in [0.29, 0.717) is 12.5 Å². The highest BCUT2D eigenvalue weighted by Crippen LogP contribution is 2.28. The van der Waals surface area contributed by atoms with Crippen LogP contribution in [0.1, 0.15) is 39.5 Å². The molecule has 18 heavy (non-hydrogen) atoms. The van der Waals surface area contributed by atoms with Gasteiger partial charge in [0, 0.05) is 6.54 Å². The molecule has 104 valence electrons. The van der Waals surface area contributed by atoms with E-state index in [4.69, 9.17) is 5.11 Å². The van der Waals surface area contributed by atoms with Gasteiger partial charge < -0.3 is 15.7 Å². The molecule has 1 rings (SSSR count). The minimum Gasteiger partial charge on any atom is -0.481 e. The van der Waals surface area contributed by atoms with Crippen molar-refractivity contribution in [3.8, 4) is 0 Å². The van der Waals surface area contributed by atoms with E-state index in [1.165, 1.54) is 0 Å². The molecule has 1 aliphatic rings. The summed E-state index contributed by atoms with van der Waals surface area (Å²) in [6.45, 7) is 5.20. The quantitative estimate of drug-likeness (QED) is 0.662. The second-order valence-electron chi connectivity index (χ2n) is 5.08. The first-order chi connectivity index (χ1) is 8.54. The zero-order valence-corrected chi connectivity index (χ0v) is 11.2. The Hall–Kier alpha value is -1.10. The Morgan fingerprint density at radius 3 is 2.39 bits per heavy atom. The number of aliphatic carboxylic acids is 1. The van der Waals surface area contributed by atoms with Crippen molar-refractivity contribution >= 4 is 11.9 Å². The molecule has 0 aliphatic heterocycles. The lowest BCUT2D eigenvalue weighted by molar-refractivity contribution is -0.143. The molecule has 0 spiro atoms. The molecule has 0 aromatic heterocycles. The van der Waals surface area contributed by atoms with Crippen LogP contribution < -0.4 is 10.6 Å². The molecule has 1 fully saturated rings. The van der Waals surface area contributed by atoms with Gasteiger partial charge in [0.05, 0.1) is 12.0 Å². The van der Waals surface area contributed by atoms with E-state index < -0.39 is 5.97 Å². The zero-order chi connectivity index (χ0) is 13.5. The monoisotopic (exact) mass is 256 g/mol. The van der Waals surface area contributed by atoms with Crippen LogP contribution >= 0.6 is 0 Å². The number of hydrogen-bond acceptors (Lipinski definition) is 3. The Labute approximate surface area is 108 Å². The van der Waals surface area contributed by atoms with Crippen LogP contribution in [0.15, 0.2) is 0 Å².